The van der Waals surface area contributed by atoms with E-state index in [1.807, 2.05) is 27.7 Å². The summed E-state index contributed by atoms with van der Waals surface area (Å²) in [6.45, 7) is 9.29. The van der Waals surface area contributed by atoms with Crippen molar-refractivity contribution in [2.75, 3.05) is 13.1 Å². The quantitative estimate of drug-likeness (QED) is 0.675. The van der Waals surface area contributed by atoms with Crippen molar-refractivity contribution < 1.29 is 14.0 Å². The molecule has 0 spiro atoms. The number of hydrogen-bond acceptors (Lipinski definition) is 4. The molecule has 1 aliphatic heterocycles. The van der Waals surface area contributed by atoms with Crippen molar-refractivity contribution in [3.63, 3.8) is 0 Å². The summed E-state index contributed by atoms with van der Waals surface area (Å²) in [6, 6.07) is 6.59. The van der Waals surface area contributed by atoms with E-state index >= 15 is 0 Å². The Morgan fingerprint density at radius 3 is 2.23 bits per heavy atom. The Morgan fingerprint density at radius 2 is 1.61 bits per heavy atom. The number of carbonyl (C=O) groups is 2. The van der Waals surface area contributed by atoms with Crippen LogP contribution in [0, 0.1) is 5.82 Å². The van der Waals surface area contributed by atoms with Crippen molar-refractivity contribution in [2.24, 2.45) is 0 Å². The maximum atomic E-state index is 13.8. The van der Waals surface area contributed by atoms with Crippen molar-refractivity contribution in [3.05, 3.63) is 48.2 Å². The number of amides is 2. The number of nitrogens with zero attached hydrogens (tertiary/aromatic N) is 4. The minimum Gasteiger partial charge on any atom is -0.330 e. The van der Waals surface area contributed by atoms with Gasteiger partial charge in [-0.1, -0.05) is 52.7 Å². The summed E-state index contributed by atoms with van der Waals surface area (Å²) < 4.78 is 13.8. The lowest BCUT2D eigenvalue weighted by molar-refractivity contribution is -0.158. The van der Waals surface area contributed by atoms with Crippen molar-refractivity contribution in [1.82, 2.24) is 19.8 Å². The molecule has 168 valence electrons. The Balaban J connectivity index is 0.000000807. The molecule has 1 aromatic carbocycles. The zero-order valence-electron chi connectivity index (χ0n) is 19.0. The van der Waals surface area contributed by atoms with Gasteiger partial charge in [0.05, 0.1) is 30.3 Å². The Labute approximate surface area is 184 Å². The van der Waals surface area contributed by atoms with Gasteiger partial charge in [0.15, 0.2) is 0 Å². The number of piperazine rings is 1. The molecule has 2 aliphatic rings. The van der Waals surface area contributed by atoms with E-state index in [1.165, 1.54) is 23.4 Å². The van der Waals surface area contributed by atoms with Crippen LogP contribution in [0.5, 0.6) is 0 Å². The fraction of sp³-hybridized carbons (Fsp3) is 0.500. The van der Waals surface area contributed by atoms with Gasteiger partial charge in [-0.05, 0) is 25.0 Å². The van der Waals surface area contributed by atoms with Crippen LogP contribution in [-0.2, 0) is 16.1 Å². The lowest BCUT2D eigenvalue weighted by atomic mass is 10.1. The molecule has 6 nitrogen and oxygen atoms in total. The largest absolute Gasteiger partial charge is 0.330 e. The van der Waals surface area contributed by atoms with E-state index in [2.05, 4.69) is 9.97 Å². The van der Waals surface area contributed by atoms with E-state index in [1.54, 1.807) is 23.1 Å². The standard InChI is InChI=1S/C20H21FN4O2.2C2H6/c21-17-8-4-3-7-16(17)18-12-22-14(11-23-18)13-24-9-10-25(20(27)19(24)26)15-5-1-2-6-15;2*1-2/h3-4,7-8,11-12,15H,1-2,5-6,9-10,13H2;2*1-2H3. The first-order valence-electron chi connectivity index (χ1n) is 11.3. The van der Waals surface area contributed by atoms with Crippen LogP contribution in [0.4, 0.5) is 4.39 Å². The van der Waals surface area contributed by atoms with E-state index in [0.29, 0.717) is 30.0 Å². The molecule has 31 heavy (non-hydrogen) atoms. The van der Waals surface area contributed by atoms with Gasteiger partial charge in [-0.3, -0.25) is 19.6 Å². The van der Waals surface area contributed by atoms with Crippen LogP contribution in [-0.4, -0.2) is 50.7 Å². The second-order valence-corrected chi connectivity index (χ2v) is 7.04. The second-order valence-electron chi connectivity index (χ2n) is 7.04. The smallest absolute Gasteiger partial charge is 0.312 e. The lowest BCUT2D eigenvalue weighted by Crippen LogP contribution is -2.56. The molecule has 0 atom stereocenters. The lowest BCUT2D eigenvalue weighted by Gasteiger charge is -2.37. The van der Waals surface area contributed by atoms with Crippen LogP contribution >= 0.6 is 0 Å². The van der Waals surface area contributed by atoms with Crippen LogP contribution in [0.3, 0.4) is 0 Å². The third kappa shape index (κ3) is 5.87. The number of benzene rings is 1. The molecule has 1 aromatic heterocycles. The van der Waals surface area contributed by atoms with E-state index < -0.39 is 11.8 Å². The van der Waals surface area contributed by atoms with Gasteiger partial charge in [0.1, 0.15) is 5.82 Å². The number of hydrogen-bond donors (Lipinski definition) is 0. The Hall–Kier alpha value is -2.83. The zero-order chi connectivity index (χ0) is 22.8. The Kier molecular flexibility index (Phi) is 9.56. The predicted octanol–water partition coefficient (Wildman–Crippen LogP) is 4.45. The van der Waals surface area contributed by atoms with Crippen LogP contribution < -0.4 is 0 Å². The third-order valence-corrected chi connectivity index (χ3v) is 5.32. The van der Waals surface area contributed by atoms with E-state index in [0.717, 1.165) is 25.7 Å². The van der Waals surface area contributed by atoms with E-state index in [4.69, 9.17) is 0 Å². The molecule has 0 unspecified atom stereocenters. The Bertz CT molecular complexity index is 851. The van der Waals surface area contributed by atoms with Crippen molar-refractivity contribution in [1.29, 1.82) is 0 Å². The molecule has 7 heteroatoms. The molecule has 1 saturated heterocycles. The number of aromatic nitrogens is 2. The molecule has 2 aromatic rings. The topological polar surface area (TPSA) is 66.4 Å². The fourth-order valence-electron chi connectivity index (χ4n) is 3.84. The summed E-state index contributed by atoms with van der Waals surface area (Å²) in [7, 11) is 0. The summed E-state index contributed by atoms with van der Waals surface area (Å²) >= 11 is 0. The molecule has 0 N–H and O–H groups in total. The zero-order valence-corrected chi connectivity index (χ0v) is 19.0. The van der Waals surface area contributed by atoms with Crippen LogP contribution in [0.1, 0.15) is 59.1 Å². The van der Waals surface area contributed by atoms with Crippen LogP contribution in [0.15, 0.2) is 36.7 Å². The molecule has 0 bridgehead atoms. The molecule has 2 amide bonds. The maximum Gasteiger partial charge on any atom is 0.312 e. The average Bonchev–Trinajstić information content (AvgIpc) is 3.35. The van der Waals surface area contributed by atoms with Gasteiger partial charge in [-0.15, -0.1) is 0 Å². The summed E-state index contributed by atoms with van der Waals surface area (Å²) in [6.07, 6.45) is 7.24. The van der Waals surface area contributed by atoms with Crippen LogP contribution in [0.25, 0.3) is 11.3 Å². The number of halogens is 1. The first-order chi connectivity index (χ1) is 15.1. The molecule has 4 rings (SSSR count). The summed E-state index contributed by atoms with van der Waals surface area (Å²) in [5.74, 6) is -1.25. The van der Waals surface area contributed by atoms with Crippen molar-refractivity contribution in [3.8, 4) is 11.3 Å². The highest BCUT2D eigenvalue weighted by atomic mass is 19.1. The van der Waals surface area contributed by atoms with Crippen molar-refractivity contribution >= 4 is 11.8 Å². The van der Waals surface area contributed by atoms with Gasteiger partial charge in [0.2, 0.25) is 0 Å². The van der Waals surface area contributed by atoms with Gasteiger partial charge < -0.3 is 9.80 Å². The summed E-state index contributed by atoms with van der Waals surface area (Å²) in [5, 5.41) is 0. The monoisotopic (exact) mass is 428 g/mol. The molecular formula is C24H33FN4O2. The van der Waals surface area contributed by atoms with Gasteiger partial charge in [-0.25, -0.2) is 4.39 Å². The van der Waals surface area contributed by atoms with Crippen molar-refractivity contribution in [2.45, 2.75) is 66.0 Å². The normalized spacial score (nSPS) is 16.4. The second kappa shape index (κ2) is 12.1. The number of carbonyl (C=O) groups excluding carboxylic acids is 2. The minimum atomic E-state index is -0.479. The molecule has 2 heterocycles. The van der Waals surface area contributed by atoms with Gasteiger partial charge in [0, 0.05) is 24.7 Å². The number of rotatable bonds is 4. The van der Waals surface area contributed by atoms with Gasteiger partial charge in [0.25, 0.3) is 0 Å². The molecular weight excluding hydrogens is 395 g/mol. The predicted molar refractivity (Wildman–Crippen MR) is 120 cm³/mol. The highest BCUT2D eigenvalue weighted by Gasteiger charge is 2.37. The molecule has 2 fully saturated rings. The molecule has 1 aliphatic carbocycles. The third-order valence-electron chi connectivity index (χ3n) is 5.32. The SMILES string of the molecule is CC.CC.O=C1C(=O)N(C2CCCC2)CCN1Cc1cnc(-c2ccccc2F)cn1. The highest BCUT2D eigenvalue weighted by molar-refractivity contribution is 6.35. The minimum absolute atomic E-state index is 0.212. The maximum absolute atomic E-state index is 13.8. The Morgan fingerprint density at radius 1 is 0.935 bits per heavy atom. The molecule has 0 radical (unpaired) electrons. The first kappa shape index (κ1) is 24.4. The van der Waals surface area contributed by atoms with Gasteiger partial charge >= 0.3 is 11.8 Å². The molecule has 1 saturated carbocycles. The van der Waals surface area contributed by atoms with E-state index in [-0.39, 0.29) is 18.4 Å². The van der Waals surface area contributed by atoms with E-state index in [9.17, 15) is 14.0 Å². The average molecular weight is 429 g/mol. The fourth-order valence-corrected chi connectivity index (χ4v) is 3.84. The summed E-state index contributed by atoms with van der Waals surface area (Å²) in [5.41, 5.74) is 1.39. The van der Waals surface area contributed by atoms with Gasteiger partial charge in [-0.2, -0.15) is 0 Å². The summed E-state index contributed by atoms with van der Waals surface area (Å²) in [4.78, 5) is 36.7. The first-order valence-corrected chi connectivity index (χ1v) is 11.3. The highest BCUT2D eigenvalue weighted by Crippen LogP contribution is 2.25. The van der Waals surface area contributed by atoms with Crippen LogP contribution in [0.2, 0.25) is 0 Å².